The Labute approximate surface area is 122 Å². The molecule has 102 valence electrons. The van der Waals surface area contributed by atoms with E-state index in [0.29, 0.717) is 17.5 Å². The average Bonchev–Trinajstić information content (AvgIpc) is 2.77. The van der Waals surface area contributed by atoms with Gasteiger partial charge in [0.05, 0.1) is 0 Å². The van der Waals surface area contributed by atoms with E-state index in [1.54, 1.807) is 0 Å². The summed E-state index contributed by atoms with van der Waals surface area (Å²) in [4.78, 5) is 2.11. The van der Waals surface area contributed by atoms with Crippen molar-refractivity contribution >= 4 is 23.1 Å². The number of para-hydroxylation sites is 1. The normalized spacial score (nSPS) is 10.9. The maximum absolute atomic E-state index is 5.97. The Morgan fingerprint density at radius 1 is 1.37 bits per heavy atom. The van der Waals surface area contributed by atoms with Crippen LogP contribution in [-0.4, -0.2) is 34.7 Å². The molecule has 0 aliphatic heterocycles. The van der Waals surface area contributed by atoms with Crippen molar-refractivity contribution in [3.8, 4) is 5.75 Å². The van der Waals surface area contributed by atoms with E-state index in [2.05, 4.69) is 14.5 Å². The minimum absolute atomic E-state index is 0.635. The highest BCUT2D eigenvalue weighted by Gasteiger charge is 2.08. The third kappa shape index (κ3) is 4.16. The number of hydrogen-bond donors (Lipinski definition) is 0. The molecule has 2 aromatic rings. The van der Waals surface area contributed by atoms with Gasteiger partial charge in [0.2, 0.25) is 0 Å². The molecule has 0 aliphatic rings. The van der Waals surface area contributed by atoms with Gasteiger partial charge in [0.25, 0.3) is 0 Å². The van der Waals surface area contributed by atoms with Crippen LogP contribution in [0, 0.1) is 6.92 Å². The summed E-state index contributed by atoms with van der Waals surface area (Å²) in [6.45, 7) is 4.17. The molecule has 6 heteroatoms. The molecule has 1 aromatic carbocycles. The largest absolute Gasteiger partial charge is 0.492 e. The fourth-order valence-corrected chi connectivity index (χ4v) is 2.27. The highest BCUT2D eigenvalue weighted by atomic mass is 35.5. The molecule has 0 fully saturated rings. The summed E-state index contributed by atoms with van der Waals surface area (Å²) >= 11 is 7.19. The lowest BCUT2D eigenvalue weighted by atomic mass is 10.2. The second kappa shape index (κ2) is 6.84. The van der Waals surface area contributed by atoms with Crippen LogP contribution < -0.4 is 4.74 Å². The van der Waals surface area contributed by atoms with E-state index >= 15 is 0 Å². The number of aromatic nitrogens is 2. The number of likely N-dealkylation sites (N-methyl/N-ethyl adjacent to an activating group) is 1. The molecule has 0 aliphatic carbocycles. The number of nitrogens with zero attached hydrogens (tertiary/aromatic N) is 3. The second-order valence-electron chi connectivity index (χ2n) is 4.35. The van der Waals surface area contributed by atoms with Gasteiger partial charge in [0.15, 0.2) is 0 Å². The van der Waals surface area contributed by atoms with Gasteiger partial charge in [0.1, 0.15) is 22.4 Å². The lowest BCUT2D eigenvalue weighted by Gasteiger charge is -2.16. The van der Waals surface area contributed by atoms with Crippen molar-refractivity contribution in [2.75, 3.05) is 20.2 Å². The molecular weight excluding hydrogens is 282 g/mol. The van der Waals surface area contributed by atoms with E-state index in [4.69, 9.17) is 16.3 Å². The van der Waals surface area contributed by atoms with Crippen molar-refractivity contribution in [1.82, 2.24) is 14.5 Å². The van der Waals surface area contributed by atoms with Gasteiger partial charge in [-0.1, -0.05) is 34.3 Å². The molecule has 0 bridgehead atoms. The molecule has 1 heterocycles. The van der Waals surface area contributed by atoms with Crippen LogP contribution in [0.1, 0.15) is 11.3 Å². The number of halogens is 1. The van der Waals surface area contributed by atoms with Crippen LogP contribution >= 0.6 is 23.1 Å². The first-order valence-electron chi connectivity index (χ1n) is 6.00. The maximum atomic E-state index is 5.97. The summed E-state index contributed by atoms with van der Waals surface area (Å²) in [5.74, 6) is 0.934. The summed E-state index contributed by atoms with van der Waals surface area (Å²) in [7, 11) is 2.01. The number of hydrogen-bond acceptors (Lipinski definition) is 5. The quantitative estimate of drug-likeness (QED) is 0.821. The molecule has 1 aromatic heterocycles. The first-order valence-corrected chi connectivity index (χ1v) is 7.15. The van der Waals surface area contributed by atoms with Gasteiger partial charge in [-0.25, -0.2) is 0 Å². The molecule has 0 unspecified atom stereocenters. The Hall–Kier alpha value is -1.17. The molecule has 0 atom stereocenters. The molecule has 0 saturated heterocycles. The Kier molecular flexibility index (Phi) is 5.13. The predicted molar refractivity (Wildman–Crippen MR) is 77.9 cm³/mol. The van der Waals surface area contributed by atoms with Crippen LogP contribution in [0.4, 0.5) is 0 Å². The van der Waals surface area contributed by atoms with Crippen LogP contribution in [0.5, 0.6) is 5.75 Å². The highest BCUT2D eigenvalue weighted by Crippen LogP contribution is 2.18. The summed E-state index contributed by atoms with van der Waals surface area (Å²) < 4.78 is 10.2. The summed E-state index contributed by atoms with van der Waals surface area (Å²) in [5, 5.41) is 3.99. The monoisotopic (exact) mass is 297 g/mol. The second-order valence-corrected chi connectivity index (χ2v) is 5.70. The van der Waals surface area contributed by atoms with Gasteiger partial charge < -0.3 is 4.74 Å². The van der Waals surface area contributed by atoms with Crippen molar-refractivity contribution in [2.45, 2.75) is 13.5 Å². The average molecular weight is 298 g/mol. The van der Waals surface area contributed by atoms with Crippen LogP contribution in [0.25, 0.3) is 0 Å². The molecule has 2 rings (SSSR count). The Morgan fingerprint density at radius 3 is 2.84 bits per heavy atom. The third-order valence-electron chi connectivity index (χ3n) is 2.75. The molecule has 0 spiro atoms. The lowest BCUT2D eigenvalue weighted by molar-refractivity contribution is 0.230. The van der Waals surface area contributed by atoms with Crippen LogP contribution in [0.15, 0.2) is 24.3 Å². The third-order valence-corrected chi connectivity index (χ3v) is 3.74. The van der Waals surface area contributed by atoms with Gasteiger partial charge in [-0.3, -0.25) is 4.90 Å². The van der Waals surface area contributed by atoms with Crippen molar-refractivity contribution in [1.29, 1.82) is 0 Å². The zero-order chi connectivity index (χ0) is 13.7. The van der Waals surface area contributed by atoms with Crippen molar-refractivity contribution in [3.05, 3.63) is 39.9 Å². The number of benzene rings is 1. The van der Waals surface area contributed by atoms with E-state index in [1.165, 1.54) is 11.5 Å². The highest BCUT2D eigenvalue weighted by molar-refractivity contribution is 7.10. The topological polar surface area (TPSA) is 38.2 Å². The standard InChI is InChI=1S/C13H16ClN3OS/c1-10-5-3-4-6-12(10)18-8-7-17(2)9-11-13(14)19-16-15-11/h3-6H,7-9H2,1-2H3. The first kappa shape index (κ1) is 14.2. The fourth-order valence-electron chi connectivity index (χ4n) is 1.66. The van der Waals surface area contributed by atoms with Gasteiger partial charge in [-0.2, -0.15) is 0 Å². The molecule has 19 heavy (non-hydrogen) atoms. The molecule has 0 radical (unpaired) electrons. The van der Waals surface area contributed by atoms with E-state index in [1.807, 2.05) is 38.2 Å². The Balaban J connectivity index is 1.77. The van der Waals surface area contributed by atoms with Gasteiger partial charge in [0, 0.05) is 24.6 Å². The van der Waals surface area contributed by atoms with E-state index in [0.717, 1.165) is 23.6 Å². The van der Waals surface area contributed by atoms with Gasteiger partial charge in [-0.05, 0) is 25.6 Å². The van der Waals surface area contributed by atoms with Crippen LogP contribution in [-0.2, 0) is 6.54 Å². The number of rotatable bonds is 6. The van der Waals surface area contributed by atoms with Crippen molar-refractivity contribution in [3.63, 3.8) is 0 Å². The molecule has 0 N–H and O–H groups in total. The molecular formula is C13H16ClN3OS. The smallest absolute Gasteiger partial charge is 0.138 e. The van der Waals surface area contributed by atoms with Crippen LogP contribution in [0.2, 0.25) is 4.34 Å². The first-order chi connectivity index (χ1) is 9.16. The van der Waals surface area contributed by atoms with E-state index < -0.39 is 0 Å². The fraction of sp³-hybridized carbons (Fsp3) is 0.385. The van der Waals surface area contributed by atoms with E-state index in [9.17, 15) is 0 Å². The predicted octanol–water partition coefficient (Wildman–Crippen LogP) is 3.01. The molecule has 0 saturated carbocycles. The number of ether oxygens (including phenoxy) is 1. The van der Waals surface area contributed by atoms with Crippen molar-refractivity contribution < 1.29 is 4.74 Å². The van der Waals surface area contributed by atoms with E-state index in [-0.39, 0.29) is 0 Å². The minimum Gasteiger partial charge on any atom is -0.492 e. The maximum Gasteiger partial charge on any atom is 0.138 e. The summed E-state index contributed by atoms with van der Waals surface area (Å²) in [6, 6.07) is 8.01. The van der Waals surface area contributed by atoms with Crippen molar-refractivity contribution in [2.24, 2.45) is 0 Å². The zero-order valence-electron chi connectivity index (χ0n) is 11.0. The Bertz CT molecular complexity index is 532. The Morgan fingerprint density at radius 2 is 2.16 bits per heavy atom. The molecule has 4 nitrogen and oxygen atoms in total. The number of aryl methyl sites for hydroxylation is 1. The zero-order valence-corrected chi connectivity index (χ0v) is 12.5. The SMILES string of the molecule is Cc1ccccc1OCCN(C)Cc1nnsc1Cl. The van der Waals surface area contributed by atoms with Crippen LogP contribution in [0.3, 0.4) is 0 Å². The summed E-state index contributed by atoms with van der Waals surface area (Å²) in [5.41, 5.74) is 1.97. The van der Waals surface area contributed by atoms with Gasteiger partial charge in [-0.15, -0.1) is 5.10 Å². The molecule has 0 amide bonds. The lowest BCUT2D eigenvalue weighted by Crippen LogP contribution is -2.24. The minimum atomic E-state index is 0.635. The summed E-state index contributed by atoms with van der Waals surface area (Å²) in [6.07, 6.45) is 0. The van der Waals surface area contributed by atoms with Gasteiger partial charge >= 0.3 is 0 Å².